The van der Waals surface area contributed by atoms with Gasteiger partial charge in [-0.2, -0.15) is 4.98 Å². The van der Waals surface area contributed by atoms with Gasteiger partial charge in [0.05, 0.1) is 0 Å². The molecular formula is C15H20N4O3. The zero-order chi connectivity index (χ0) is 15.9. The lowest BCUT2D eigenvalue weighted by molar-refractivity contribution is 0.0460. The minimum absolute atomic E-state index is 0.0834. The van der Waals surface area contributed by atoms with Gasteiger partial charge in [-0.05, 0) is 33.9 Å². The van der Waals surface area contributed by atoms with E-state index in [4.69, 9.17) is 8.94 Å². The summed E-state index contributed by atoms with van der Waals surface area (Å²) < 4.78 is 10.8. The molecule has 22 heavy (non-hydrogen) atoms. The highest BCUT2D eigenvalue weighted by molar-refractivity contribution is 5.93. The van der Waals surface area contributed by atoms with Crippen molar-refractivity contribution in [1.82, 2.24) is 19.9 Å². The highest BCUT2D eigenvalue weighted by Gasteiger charge is 2.33. The molecule has 0 spiro atoms. The maximum absolute atomic E-state index is 12.7. The zero-order valence-corrected chi connectivity index (χ0v) is 13.3. The maximum Gasteiger partial charge on any atom is 0.289 e. The molecule has 0 saturated carbocycles. The molecule has 3 rings (SSSR count). The maximum atomic E-state index is 12.7. The quantitative estimate of drug-likeness (QED) is 0.841. The molecule has 0 N–H and O–H groups in total. The van der Waals surface area contributed by atoms with Gasteiger partial charge in [0.15, 0.2) is 11.6 Å². The van der Waals surface area contributed by atoms with Gasteiger partial charge in [-0.25, -0.2) is 0 Å². The number of hydrogen-bond donors (Lipinski definition) is 0. The van der Waals surface area contributed by atoms with E-state index in [1.807, 2.05) is 27.0 Å². The van der Waals surface area contributed by atoms with Gasteiger partial charge in [-0.1, -0.05) is 5.16 Å². The number of furan rings is 1. The Morgan fingerprint density at radius 3 is 2.68 bits per heavy atom. The lowest BCUT2D eigenvalue weighted by atomic mass is 10.1. The van der Waals surface area contributed by atoms with E-state index in [-0.39, 0.29) is 11.9 Å². The molecule has 0 aromatic carbocycles. The van der Waals surface area contributed by atoms with Crippen LogP contribution in [0.5, 0.6) is 0 Å². The summed E-state index contributed by atoms with van der Waals surface area (Å²) in [6, 6.07) is 1.79. The van der Waals surface area contributed by atoms with E-state index in [0.717, 1.165) is 17.9 Å². The highest BCUT2D eigenvalue weighted by Crippen LogP contribution is 2.25. The van der Waals surface area contributed by atoms with Gasteiger partial charge in [0, 0.05) is 25.2 Å². The molecule has 1 saturated heterocycles. The zero-order valence-electron chi connectivity index (χ0n) is 13.3. The van der Waals surface area contributed by atoms with Crippen LogP contribution in [-0.2, 0) is 0 Å². The fourth-order valence-corrected chi connectivity index (χ4v) is 2.77. The Hall–Kier alpha value is -2.15. The first-order chi connectivity index (χ1) is 10.5. The second kappa shape index (κ2) is 5.57. The van der Waals surface area contributed by atoms with Crippen LogP contribution in [0.1, 0.15) is 39.6 Å². The van der Waals surface area contributed by atoms with Gasteiger partial charge in [-0.15, -0.1) is 0 Å². The van der Waals surface area contributed by atoms with E-state index in [1.165, 1.54) is 0 Å². The predicted octanol–water partition coefficient (Wildman–Crippen LogP) is 1.72. The SMILES string of the molecule is Cc1noc(C2CN(C(=O)c3oc(C)cc3C)CCN2C)n1. The number of hydrogen-bond acceptors (Lipinski definition) is 6. The summed E-state index contributed by atoms with van der Waals surface area (Å²) in [5, 5.41) is 3.84. The summed E-state index contributed by atoms with van der Waals surface area (Å²) in [5.41, 5.74) is 0.867. The molecule has 1 aliphatic rings. The lowest BCUT2D eigenvalue weighted by Gasteiger charge is -2.37. The number of rotatable bonds is 2. The second-order valence-corrected chi connectivity index (χ2v) is 5.80. The first-order valence-corrected chi connectivity index (χ1v) is 7.32. The van der Waals surface area contributed by atoms with E-state index >= 15 is 0 Å². The lowest BCUT2D eigenvalue weighted by Crippen LogP contribution is -2.49. The van der Waals surface area contributed by atoms with Crippen molar-refractivity contribution < 1.29 is 13.7 Å². The number of aromatic nitrogens is 2. The predicted molar refractivity (Wildman–Crippen MR) is 78.5 cm³/mol. The molecule has 1 unspecified atom stereocenters. The molecule has 2 aromatic rings. The smallest absolute Gasteiger partial charge is 0.289 e. The summed E-state index contributed by atoms with van der Waals surface area (Å²) in [7, 11) is 1.99. The molecule has 118 valence electrons. The van der Waals surface area contributed by atoms with Crippen molar-refractivity contribution in [2.45, 2.75) is 26.8 Å². The Balaban J connectivity index is 1.81. The molecule has 0 radical (unpaired) electrons. The summed E-state index contributed by atoms with van der Waals surface area (Å²) >= 11 is 0. The molecule has 0 bridgehead atoms. The average molecular weight is 304 g/mol. The van der Waals surface area contributed by atoms with E-state index in [1.54, 1.807) is 11.8 Å². The fourth-order valence-electron chi connectivity index (χ4n) is 2.77. The van der Waals surface area contributed by atoms with Crippen LogP contribution in [0.2, 0.25) is 0 Å². The number of piperazine rings is 1. The Morgan fingerprint density at radius 2 is 2.09 bits per heavy atom. The summed E-state index contributed by atoms with van der Waals surface area (Å²) in [5.74, 6) is 2.23. The number of carbonyl (C=O) groups excluding carboxylic acids is 1. The van der Waals surface area contributed by atoms with Gasteiger partial charge < -0.3 is 13.8 Å². The average Bonchev–Trinajstić information content (AvgIpc) is 3.04. The van der Waals surface area contributed by atoms with Gasteiger partial charge in [0.1, 0.15) is 11.8 Å². The van der Waals surface area contributed by atoms with Crippen LogP contribution in [0.4, 0.5) is 0 Å². The minimum atomic E-state index is -0.0877. The van der Waals surface area contributed by atoms with E-state index < -0.39 is 0 Å². The van der Waals surface area contributed by atoms with Crippen molar-refractivity contribution >= 4 is 5.91 Å². The van der Waals surface area contributed by atoms with Crippen LogP contribution in [0.3, 0.4) is 0 Å². The number of nitrogens with zero attached hydrogens (tertiary/aromatic N) is 4. The summed E-state index contributed by atoms with van der Waals surface area (Å²) in [4.78, 5) is 20.9. The minimum Gasteiger partial charge on any atom is -0.456 e. The molecule has 7 heteroatoms. The normalized spacial score (nSPS) is 19.6. The van der Waals surface area contributed by atoms with Gasteiger partial charge >= 0.3 is 0 Å². The monoisotopic (exact) mass is 304 g/mol. The number of amides is 1. The van der Waals surface area contributed by atoms with Crippen molar-refractivity contribution in [2.75, 3.05) is 26.7 Å². The first-order valence-electron chi connectivity index (χ1n) is 7.32. The molecule has 3 heterocycles. The second-order valence-electron chi connectivity index (χ2n) is 5.80. The topological polar surface area (TPSA) is 75.6 Å². The number of likely N-dealkylation sites (N-methyl/N-ethyl adjacent to an activating group) is 1. The third kappa shape index (κ3) is 2.64. The van der Waals surface area contributed by atoms with E-state index in [2.05, 4.69) is 15.0 Å². The van der Waals surface area contributed by atoms with Crippen molar-refractivity contribution in [3.8, 4) is 0 Å². The number of aryl methyl sites for hydroxylation is 3. The first kappa shape index (κ1) is 14.8. The van der Waals surface area contributed by atoms with Crippen LogP contribution in [0.15, 0.2) is 15.0 Å². The van der Waals surface area contributed by atoms with E-state index in [0.29, 0.717) is 30.6 Å². The standard InChI is InChI=1S/C15H20N4O3/c1-9-7-10(2)21-13(9)15(20)19-6-5-18(4)12(8-19)14-16-11(3)17-22-14/h7,12H,5-6,8H2,1-4H3. The van der Waals surface area contributed by atoms with Crippen LogP contribution < -0.4 is 0 Å². The van der Waals surface area contributed by atoms with Crippen LogP contribution in [0.25, 0.3) is 0 Å². The van der Waals surface area contributed by atoms with Gasteiger partial charge in [0.25, 0.3) is 5.91 Å². The summed E-state index contributed by atoms with van der Waals surface area (Å²) in [6.45, 7) is 7.43. The molecule has 1 fully saturated rings. The Kier molecular flexibility index (Phi) is 3.74. The fraction of sp³-hybridized carbons (Fsp3) is 0.533. The van der Waals surface area contributed by atoms with Crippen molar-refractivity contribution in [2.24, 2.45) is 0 Å². The van der Waals surface area contributed by atoms with Gasteiger partial charge in [0.2, 0.25) is 5.89 Å². The molecular weight excluding hydrogens is 284 g/mol. The van der Waals surface area contributed by atoms with Crippen molar-refractivity contribution in [3.63, 3.8) is 0 Å². The Bertz CT molecular complexity index is 691. The molecule has 2 aromatic heterocycles. The molecule has 1 aliphatic heterocycles. The van der Waals surface area contributed by atoms with Crippen LogP contribution in [0, 0.1) is 20.8 Å². The highest BCUT2D eigenvalue weighted by atomic mass is 16.5. The largest absolute Gasteiger partial charge is 0.456 e. The molecule has 1 amide bonds. The Morgan fingerprint density at radius 1 is 1.32 bits per heavy atom. The Labute approximate surface area is 128 Å². The van der Waals surface area contributed by atoms with E-state index in [9.17, 15) is 4.79 Å². The molecule has 7 nitrogen and oxygen atoms in total. The van der Waals surface area contributed by atoms with Crippen LogP contribution in [-0.4, -0.2) is 52.5 Å². The molecule has 0 aliphatic carbocycles. The van der Waals surface area contributed by atoms with Crippen molar-refractivity contribution in [3.05, 3.63) is 34.9 Å². The summed E-state index contributed by atoms with van der Waals surface area (Å²) in [6.07, 6.45) is 0. The third-order valence-electron chi connectivity index (χ3n) is 4.00. The van der Waals surface area contributed by atoms with Crippen LogP contribution >= 0.6 is 0 Å². The van der Waals surface area contributed by atoms with Crippen molar-refractivity contribution in [1.29, 1.82) is 0 Å². The van der Waals surface area contributed by atoms with Gasteiger partial charge in [-0.3, -0.25) is 9.69 Å². The third-order valence-corrected chi connectivity index (χ3v) is 4.00. The number of carbonyl (C=O) groups is 1. The molecule has 1 atom stereocenters.